The van der Waals surface area contributed by atoms with Gasteiger partial charge in [-0.05, 0) is 37.6 Å². The molecule has 0 bridgehead atoms. The molecule has 2 aromatic heterocycles. The molecule has 7 heteroatoms. The summed E-state index contributed by atoms with van der Waals surface area (Å²) in [4.78, 5) is 22.3. The lowest BCUT2D eigenvalue weighted by molar-refractivity contribution is -0.130. The van der Waals surface area contributed by atoms with Crippen molar-refractivity contribution in [2.24, 2.45) is 0 Å². The van der Waals surface area contributed by atoms with E-state index in [1.54, 1.807) is 24.3 Å². The van der Waals surface area contributed by atoms with Gasteiger partial charge < -0.3 is 14.2 Å². The lowest BCUT2D eigenvalue weighted by Gasteiger charge is -2.17. The Balaban J connectivity index is 1.44. The first-order chi connectivity index (χ1) is 13.5. The Hall–Kier alpha value is -3.22. The van der Waals surface area contributed by atoms with E-state index in [0.717, 1.165) is 16.9 Å². The molecule has 0 fully saturated rings. The minimum atomic E-state index is 0.00730. The highest BCUT2D eigenvalue weighted by molar-refractivity contribution is 5.76. The predicted octanol–water partition coefficient (Wildman–Crippen LogP) is 3.22. The highest BCUT2D eigenvalue weighted by atomic mass is 16.5. The average Bonchev–Trinajstić information content (AvgIpc) is 3.17. The number of amides is 1. The Bertz CT molecular complexity index is 924. The lowest BCUT2D eigenvalue weighted by atomic mass is 10.1. The zero-order valence-electron chi connectivity index (χ0n) is 16.4. The van der Waals surface area contributed by atoms with Gasteiger partial charge in [0, 0.05) is 37.8 Å². The first-order valence-electron chi connectivity index (χ1n) is 9.20. The lowest BCUT2D eigenvalue weighted by Crippen LogP contribution is -2.31. The van der Waals surface area contributed by atoms with Gasteiger partial charge in [0.15, 0.2) is 0 Å². The van der Waals surface area contributed by atoms with Gasteiger partial charge >= 0.3 is 0 Å². The maximum Gasteiger partial charge on any atom is 0.227 e. The normalized spacial score (nSPS) is 10.7. The molecule has 0 aliphatic carbocycles. The summed E-state index contributed by atoms with van der Waals surface area (Å²) in [6.07, 6.45) is 4.05. The standard InChI is InChI=1S/C21H24N4O3/c1-15-4-5-18(16(2)14-15)27-13-12-25(3)20(26)7-6-19-23-21(24-28-19)17-8-10-22-11-9-17/h4-5,8-11,14H,6-7,12-13H2,1-3H3. The van der Waals surface area contributed by atoms with Crippen LogP contribution in [-0.2, 0) is 11.2 Å². The van der Waals surface area contributed by atoms with Crippen LogP contribution in [0.1, 0.15) is 23.4 Å². The third-order valence-electron chi connectivity index (χ3n) is 4.40. The van der Waals surface area contributed by atoms with E-state index in [1.165, 1.54) is 5.56 Å². The number of hydrogen-bond acceptors (Lipinski definition) is 6. The number of likely N-dealkylation sites (N-methyl/N-ethyl adjacent to an activating group) is 1. The van der Waals surface area contributed by atoms with Gasteiger partial charge in [-0.1, -0.05) is 22.9 Å². The second-order valence-corrected chi connectivity index (χ2v) is 6.68. The minimum absolute atomic E-state index is 0.00730. The molecule has 28 heavy (non-hydrogen) atoms. The number of ether oxygens (including phenoxy) is 1. The smallest absolute Gasteiger partial charge is 0.227 e. The quantitative estimate of drug-likeness (QED) is 0.597. The number of aryl methyl sites for hydroxylation is 3. The van der Waals surface area contributed by atoms with Crippen LogP contribution in [0.2, 0.25) is 0 Å². The molecule has 0 unspecified atom stereocenters. The maximum atomic E-state index is 12.3. The van der Waals surface area contributed by atoms with E-state index >= 15 is 0 Å². The monoisotopic (exact) mass is 380 g/mol. The first kappa shape index (κ1) is 19.5. The molecular formula is C21H24N4O3. The molecule has 1 amide bonds. The van der Waals surface area contributed by atoms with Crippen molar-refractivity contribution in [3.8, 4) is 17.1 Å². The second kappa shape index (κ2) is 9.12. The molecular weight excluding hydrogens is 356 g/mol. The Labute approximate surface area is 164 Å². The van der Waals surface area contributed by atoms with Crippen molar-refractivity contribution in [3.63, 3.8) is 0 Å². The minimum Gasteiger partial charge on any atom is -0.491 e. The van der Waals surface area contributed by atoms with Crippen molar-refractivity contribution in [1.29, 1.82) is 0 Å². The predicted molar refractivity (Wildman–Crippen MR) is 105 cm³/mol. The first-order valence-corrected chi connectivity index (χ1v) is 9.20. The fraction of sp³-hybridized carbons (Fsp3) is 0.333. The molecule has 0 atom stereocenters. The molecule has 0 aliphatic heterocycles. The summed E-state index contributed by atoms with van der Waals surface area (Å²) >= 11 is 0. The van der Waals surface area contributed by atoms with Crippen LogP contribution in [-0.4, -0.2) is 46.1 Å². The zero-order valence-corrected chi connectivity index (χ0v) is 16.4. The second-order valence-electron chi connectivity index (χ2n) is 6.68. The van der Waals surface area contributed by atoms with Crippen LogP contribution in [0.15, 0.2) is 47.2 Å². The maximum absolute atomic E-state index is 12.3. The molecule has 0 aliphatic rings. The molecule has 1 aromatic carbocycles. The van der Waals surface area contributed by atoms with E-state index < -0.39 is 0 Å². The Morgan fingerprint density at radius 1 is 1.18 bits per heavy atom. The third kappa shape index (κ3) is 5.16. The molecule has 0 spiro atoms. The molecule has 3 rings (SSSR count). The molecule has 0 saturated carbocycles. The number of pyridine rings is 1. The summed E-state index contributed by atoms with van der Waals surface area (Å²) in [5.74, 6) is 1.80. The average molecular weight is 380 g/mol. The van der Waals surface area contributed by atoms with E-state index in [2.05, 4.69) is 21.2 Å². The van der Waals surface area contributed by atoms with E-state index in [1.807, 2.05) is 38.1 Å². The van der Waals surface area contributed by atoms with Gasteiger partial charge in [-0.25, -0.2) is 0 Å². The van der Waals surface area contributed by atoms with E-state index in [-0.39, 0.29) is 5.91 Å². The van der Waals surface area contributed by atoms with Crippen LogP contribution in [0.3, 0.4) is 0 Å². The fourth-order valence-electron chi connectivity index (χ4n) is 2.76. The summed E-state index contributed by atoms with van der Waals surface area (Å²) < 4.78 is 11.0. The van der Waals surface area contributed by atoms with E-state index in [4.69, 9.17) is 9.26 Å². The van der Waals surface area contributed by atoms with Crippen molar-refractivity contribution < 1.29 is 14.1 Å². The van der Waals surface area contributed by atoms with Crippen molar-refractivity contribution >= 4 is 5.91 Å². The summed E-state index contributed by atoms with van der Waals surface area (Å²) in [5, 5.41) is 3.95. The van der Waals surface area contributed by atoms with Crippen LogP contribution in [0.4, 0.5) is 0 Å². The van der Waals surface area contributed by atoms with Crippen LogP contribution >= 0.6 is 0 Å². The van der Waals surface area contributed by atoms with Gasteiger partial charge in [-0.15, -0.1) is 0 Å². The van der Waals surface area contributed by atoms with Gasteiger partial charge in [-0.3, -0.25) is 9.78 Å². The Morgan fingerprint density at radius 2 is 1.96 bits per heavy atom. The van der Waals surface area contributed by atoms with Crippen molar-refractivity contribution in [3.05, 3.63) is 59.7 Å². The summed E-state index contributed by atoms with van der Waals surface area (Å²) in [7, 11) is 1.77. The highest BCUT2D eigenvalue weighted by Gasteiger charge is 2.13. The van der Waals surface area contributed by atoms with Crippen LogP contribution in [0.25, 0.3) is 11.4 Å². The molecule has 146 valence electrons. The molecule has 3 aromatic rings. The molecule has 0 N–H and O–H groups in total. The molecule has 0 radical (unpaired) electrons. The molecule has 2 heterocycles. The van der Waals surface area contributed by atoms with Crippen LogP contribution in [0.5, 0.6) is 5.75 Å². The Morgan fingerprint density at radius 3 is 2.71 bits per heavy atom. The fourth-order valence-corrected chi connectivity index (χ4v) is 2.76. The van der Waals surface area contributed by atoms with Crippen molar-refractivity contribution in [2.75, 3.05) is 20.2 Å². The number of hydrogen-bond donors (Lipinski definition) is 0. The van der Waals surface area contributed by atoms with Gasteiger partial charge in [0.1, 0.15) is 12.4 Å². The van der Waals surface area contributed by atoms with Gasteiger partial charge in [0.2, 0.25) is 17.6 Å². The number of carbonyl (C=O) groups is 1. The SMILES string of the molecule is Cc1ccc(OCCN(C)C(=O)CCc2nc(-c3ccncc3)no2)c(C)c1. The van der Waals surface area contributed by atoms with Crippen molar-refractivity contribution in [2.45, 2.75) is 26.7 Å². The highest BCUT2D eigenvalue weighted by Crippen LogP contribution is 2.18. The zero-order chi connectivity index (χ0) is 19.9. The largest absolute Gasteiger partial charge is 0.491 e. The number of benzene rings is 1. The summed E-state index contributed by atoms with van der Waals surface area (Å²) in [6, 6.07) is 9.67. The van der Waals surface area contributed by atoms with Crippen molar-refractivity contribution in [1.82, 2.24) is 20.0 Å². The van der Waals surface area contributed by atoms with Gasteiger partial charge in [-0.2, -0.15) is 4.98 Å². The van der Waals surface area contributed by atoms with E-state index in [0.29, 0.717) is 37.7 Å². The number of nitrogens with zero attached hydrogens (tertiary/aromatic N) is 4. The van der Waals surface area contributed by atoms with E-state index in [9.17, 15) is 4.79 Å². The Kier molecular flexibility index (Phi) is 6.37. The number of rotatable bonds is 8. The summed E-state index contributed by atoms with van der Waals surface area (Å²) in [6.45, 7) is 5.02. The molecule has 0 saturated heterocycles. The van der Waals surface area contributed by atoms with Gasteiger partial charge in [0.05, 0.1) is 6.54 Å². The summed E-state index contributed by atoms with van der Waals surface area (Å²) in [5.41, 5.74) is 3.12. The third-order valence-corrected chi connectivity index (χ3v) is 4.40. The van der Waals surface area contributed by atoms with Crippen LogP contribution < -0.4 is 4.74 Å². The number of aromatic nitrogens is 3. The topological polar surface area (TPSA) is 81.4 Å². The van der Waals surface area contributed by atoms with Gasteiger partial charge in [0.25, 0.3) is 0 Å². The number of carbonyl (C=O) groups excluding carboxylic acids is 1. The van der Waals surface area contributed by atoms with Crippen LogP contribution in [0, 0.1) is 13.8 Å². The molecule has 7 nitrogen and oxygen atoms in total.